The van der Waals surface area contributed by atoms with Gasteiger partial charge in [0.2, 0.25) is 5.91 Å². The van der Waals surface area contributed by atoms with Crippen molar-refractivity contribution in [3.63, 3.8) is 0 Å². The summed E-state index contributed by atoms with van der Waals surface area (Å²) in [5.41, 5.74) is 9.54. The first-order chi connectivity index (χ1) is 17.0. The van der Waals surface area contributed by atoms with Crippen LogP contribution in [0.15, 0.2) is 36.5 Å². The van der Waals surface area contributed by atoms with E-state index in [9.17, 15) is 15.2 Å². The number of rotatable bonds is 8. The topological polar surface area (TPSA) is 129 Å². The molecule has 1 unspecified atom stereocenters. The quantitative estimate of drug-likeness (QED) is 0.419. The Morgan fingerprint density at radius 2 is 2.00 bits per heavy atom. The first-order valence-corrected chi connectivity index (χ1v) is 12.7. The lowest BCUT2D eigenvalue weighted by Crippen LogP contribution is -2.41. The van der Waals surface area contributed by atoms with Crippen molar-refractivity contribution >= 4 is 23.0 Å². The third-order valence-corrected chi connectivity index (χ3v) is 7.73. The van der Waals surface area contributed by atoms with E-state index >= 15 is 0 Å². The molecule has 8 nitrogen and oxygen atoms in total. The monoisotopic (exact) mass is 474 g/mol. The van der Waals surface area contributed by atoms with Crippen LogP contribution in [-0.4, -0.2) is 26.8 Å². The molecular weight excluding hydrogens is 440 g/mol. The maximum atomic E-state index is 12.3. The summed E-state index contributed by atoms with van der Waals surface area (Å²) >= 11 is 0. The fraction of sp³-hybridized carbons (Fsp3) is 0.519. The Morgan fingerprint density at radius 1 is 1.26 bits per heavy atom. The zero-order chi connectivity index (χ0) is 24.4. The van der Waals surface area contributed by atoms with Gasteiger partial charge < -0.3 is 21.5 Å². The highest BCUT2D eigenvalue weighted by Crippen LogP contribution is 2.40. The van der Waals surface area contributed by atoms with E-state index in [0.717, 1.165) is 44.2 Å². The number of aromatic nitrogens is 2. The van der Waals surface area contributed by atoms with Crippen LogP contribution in [0.2, 0.25) is 0 Å². The highest BCUT2D eigenvalue weighted by Gasteiger charge is 2.39. The van der Waals surface area contributed by atoms with Gasteiger partial charge in [-0.2, -0.15) is 10.4 Å². The molecule has 5 rings (SSSR count). The van der Waals surface area contributed by atoms with Gasteiger partial charge in [0.05, 0.1) is 23.6 Å². The van der Waals surface area contributed by atoms with Gasteiger partial charge in [-0.25, -0.2) is 0 Å². The number of aliphatic hydroxyl groups is 1. The van der Waals surface area contributed by atoms with Crippen molar-refractivity contribution in [2.45, 2.75) is 82.0 Å². The van der Waals surface area contributed by atoms with Crippen LogP contribution in [0, 0.1) is 17.2 Å². The van der Waals surface area contributed by atoms with Crippen molar-refractivity contribution in [3.8, 4) is 6.07 Å². The molecule has 0 aliphatic heterocycles. The standard InChI is InChI=1S/C27H34N6O2/c28-16-15-27(33-17-23(24(29)34)25(32-33)31-26(35)20-5-6-20)13-11-22(12-14-27)30-21-9-7-19(8-10-21)18-3-1-2-4-18/h3,7-10,17,20,22,24,30,34H,1-2,4-6,11-15,29H2,(H,31,32,35). The lowest BCUT2D eigenvalue weighted by atomic mass is 9.77. The third-order valence-electron chi connectivity index (χ3n) is 7.73. The Kier molecular flexibility index (Phi) is 6.63. The number of nitrogens with two attached hydrogens (primary N) is 1. The number of hydrogen-bond donors (Lipinski definition) is 4. The van der Waals surface area contributed by atoms with E-state index in [-0.39, 0.29) is 11.8 Å². The van der Waals surface area contributed by atoms with Crippen LogP contribution in [0.4, 0.5) is 11.5 Å². The summed E-state index contributed by atoms with van der Waals surface area (Å²) in [5.74, 6) is 0.225. The molecule has 1 amide bonds. The number of nitrogens with zero attached hydrogens (tertiary/aromatic N) is 3. The molecule has 3 aliphatic carbocycles. The molecule has 0 bridgehead atoms. The molecule has 1 atom stereocenters. The van der Waals surface area contributed by atoms with Gasteiger partial charge in [0.25, 0.3) is 0 Å². The van der Waals surface area contributed by atoms with Gasteiger partial charge in [-0.3, -0.25) is 9.48 Å². The predicted octanol–water partition coefficient (Wildman–Crippen LogP) is 4.41. The van der Waals surface area contributed by atoms with Crippen molar-refractivity contribution in [2.24, 2.45) is 11.7 Å². The van der Waals surface area contributed by atoms with Crippen LogP contribution < -0.4 is 16.4 Å². The van der Waals surface area contributed by atoms with Crippen molar-refractivity contribution < 1.29 is 9.90 Å². The smallest absolute Gasteiger partial charge is 0.228 e. The van der Waals surface area contributed by atoms with Crippen LogP contribution in [0.3, 0.4) is 0 Å². The predicted molar refractivity (Wildman–Crippen MR) is 135 cm³/mol. The highest BCUT2D eigenvalue weighted by atomic mass is 16.3. The molecule has 2 fully saturated rings. The minimum Gasteiger partial charge on any atom is -0.382 e. The number of nitriles is 1. The maximum absolute atomic E-state index is 12.3. The molecule has 8 heteroatoms. The van der Waals surface area contributed by atoms with Crippen LogP contribution in [-0.2, 0) is 10.3 Å². The maximum Gasteiger partial charge on any atom is 0.228 e. The minimum atomic E-state index is -1.25. The molecule has 5 N–H and O–H groups in total. The van der Waals surface area contributed by atoms with Gasteiger partial charge in [-0.15, -0.1) is 0 Å². The zero-order valence-corrected chi connectivity index (χ0v) is 20.0. The Labute approximate surface area is 206 Å². The molecule has 1 heterocycles. The van der Waals surface area contributed by atoms with E-state index in [2.05, 4.69) is 52.1 Å². The highest BCUT2D eigenvalue weighted by molar-refractivity contribution is 5.93. The second-order valence-electron chi connectivity index (χ2n) is 10.3. The second-order valence-corrected chi connectivity index (χ2v) is 10.3. The summed E-state index contributed by atoms with van der Waals surface area (Å²) < 4.78 is 1.77. The lowest BCUT2D eigenvalue weighted by Gasteiger charge is -2.39. The van der Waals surface area contributed by atoms with E-state index in [0.29, 0.717) is 23.8 Å². The number of hydrogen-bond acceptors (Lipinski definition) is 6. The summed E-state index contributed by atoms with van der Waals surface area (Å²) in [7, 11) is 0. The number of carbonyl (C=O) groups excluding carboxylic acids is 1. The summed E-state index contributed by atoms with van der Waals surface area (Å²) in [4.78, 5) is 12.3. The average molecular weight is 475 g/mol. The van der Waals surface area contributed by atoms with Crippen molar-refractivity contribution in [2.75, 3.05) is 10.6 Å². The van der Waals surface area contributed by atoms with Gasteiger partial charge >= 0.3 is 0 Å². The summed E-state index contributed by atoms with van der Waals surface area (Å²) in [6.45, 7) is 0. The molecule has 184 valence electrons. The zero-order valence-electron chi connectivity index (χ0n) is 20.0. The number of amides is 1. The number of aliphatic hydroxyl groups excluding tert-OH is 1. The first kappa shape index (κ1) is 23.6. The van der Waals surface area contributed by atoms with Gasteiger partial charge in [-0.1, -0.05) is 18.2 Å². The molecule has 0 saturated heterocycles. The fourth-order valence-electron chi connectivity index (χ4n) is 5.39. The van der Waals surface area contributed by atoms with E-state index in [4.69, 9.17) is 5.73 Å². The molecule has 1 aromatic heterocycles. The van der Waals surface area contributed by atoms with Gasteiger partial charge in [0.1, 0.15) is 6.23 Å². The lowest BCUT2D eigenvalue weighted by molar-refractivity contribution is -0.117. The third kappa shape index (κ3) is 5.12. The number of carbonyl (C=O) groups is 1. The molecule has 35 heavy (non-hydrogen) atoms. The fourth-order valence-corrected chi connectivity index (χ4v) is 5.39. The van der Waals surface area contributed by atoms with E-state index < -0.39 is 11.8 Å². The Balaban J connectivity index is 1.27. The normalized spacial score (nSPS) is 24.9. The Hall–Kier alpha value is -3.15. The summed E-state index contributed by atoms with van der Waals surface area (Å²) in [6, 6.07) is 11.3. The van der Waals surface area contributed by atoms with Gasteiger partial charge in [0.15, 0.2) is 5.82 Å². The average Bonchev–Trinajstić information content (AvgIpc) is 3.39. The van der Waals surface area contributed by atoms with E-state index in [1.165, 1.54) is 30.4 Å². The van der Waals surface area contributed by atoms with E-state index in [1.807, 2.05) is 0 Å². The summed E-state index contributed by atoms with van der Waals surface area (Å²) in [5, 5.41) is 30.8. The van der Waals surface area contributed by atoms with Crippen molar-refractivity contribution in [1.82, 2.24) is 9.78 Å². The van der Waals surface area contributed by atoms with Crippen LogP contribution in [0.25, 0.3) is 5.57 Å². The van der Waals surface area contributed by atoms with E-state index in [1.54, 1.807) is 10.9 Å². The first-order valence-electron chi connectivity index (χ1n) is 12.7. The second kappa shape index (κ2) is 9.84. The number of benzene rings is 1. The minimum absolute atomic E-state index is 0.0152. The summed E-state index contributed by atoms with van der Waals surface area (Å²) in [6.07, 6.45) is 11.7. The molecule has 0 radical (unpaired) electrons. The molecule has 3 aliphatic rings. The van der Waals surface area contributed by atoms with Gasteiger partial charge in [-0.05, 0) is 81.1 Å². The van der Waals surface area contributed by atoms with Crippen LogP contribution in [0.1, 0.15) is 81.6 Å². The van der Waals surface area contributed by atoms with Crippen molar-refractivity contribution in [3.05, 3.63) is 47.7 Å². The molecule has 2 saturated carbocycles. The molecule has 2 aromatic rings. The van der Waals surface area contributed by atoms with Gasteiger partial charge in [0, 0.05) is 23.8 Å². The van der Waals surface area contributed by atoms with Crippen LogP contribution in [0.5, 0.6) is 0 Å². The van der Waals surface area contributed by atoms with Crippen LogP contribution >= 0.6 is 0 Å². The molecule has 0 spiro atoms. The molecular formula is C27H34N6O2. The Morgan fingerprint density at radius 3 is 2.60 bits per heavy atom. The number of anilines is 2. The largest absolute Gasteiger partial charge is 0.382 e. The Bertz CT molecular complexity index is 1130. The number of allylic oxidation sites excluding steroid dienone is 2. The molecule has 1 aromatic carbocycles. The number of nitrogens with one attached hydrogen (secondary N) is 2. The van der Waals surface area contributed by atoms with Crippen molar-refractivity contribution in [1.29, 1.82) is 5.26 Å². The SMILES string of the molecule is N#CCC1(n2cc(C(N)O)c(NC(=O)C3CC3)n2)CCC(Nc2ccc(C3=CCCC3)cc2)CC1.